The molecule has 1 saturated heterocycles. The van der Waals surface area contributed by atoms with Crippen molar-refractivity contribution >= 4 is 24.0 Å². The third kappa shape index (κ3) is 4.00. The highest BCUT2D eigenvalue weighted by Crippen LogP contribution is 2.09. The Morgan fingerprint density at radius 1 is 1.41 bits per heavy atom. The molecule has 94 valence electrons. The molecule has 1 aliphatic heterocycles. The van der Waals surface area contributed by atoms with Gasteiger partial charge in [-0.1, -0.05) is 17.7 Å². The molecular weight excluding hydrogens is 240 g/mol. The van der Waals surface area contributed by atoms with Crippen molar-refractivity contribution in [1.82, 2.24) is 5.32 Å². The highest BCUT2D eigenvalue weighted by molar-refractivity contribution is 5.94. The lowest BCUT2D eigenvalue weighted by Crippen LogP contribution is -2.45. The topological polar surface area (TPSA) is 50.4 Å². The first kappa shape index (κ1) is 14.0. The van der Waals surface area contributed by atoms with Gasteiger partial charge in [-0.05, 0) is 19.1 Å². The van der Waals surface area contributed by atoms with E-state index < -0.39 is 0 Å². The maximum atomic E-state index is 11.8. The van der Waals surface area contributed by atoms with Gasteiger partial charge in [-0.15, -0.1) is 12.4 Å². The average Bonchev–Trinajstić information content (AvgIpc) is 2.33. The fourth-order valence-electron chi connectivity index (χ4n) is 1.59. The zero-order valence-electron chi connectivity index (χ0n) is 9.73. The van der Waals surface area contributed by atoms with E-state index in [9.17, 15) is 4.79 Å². The van der Waals surface area contributed by atoms with Gasteiger partial charge in [-0.25, -0.2) is 0 Å². The number of hydrogen-bond acceptors (Lipinski definition) is 3. The van der Waals surface area contributed by atoms with Crippen LogP contribution in [0.3, 0.4) is 0 Å². The van der Waals surface area contributed by atoms with Crippen molar-refractivity contribution in [2.45, 2.75) is 13.0 Å². The van der Waals surface area contributed by atoms with Crippen LogP contribution in [0.1, 0.15) is 5.56 Å². The molecule has 4 nitrogen and oxygen atoms in total. The third-order valence-electron chi connectivity index (χ3n) is 2.54. The van der Waals surface area contributed by atoms with Gasteiger partial charge in [0.25, 0.3) is 5.91 Å². The minimum atomic E-state index is -0.380. The van der Waals surface area contributed by atoms with E-state index in [0.717, 1.165) is 12.2 Å². The second kappa shape index (κ2) is 6.59. The summed E-state index contributed by atoms with van der Waals surface area (Å²) in [5, 5.41) is 5.96. The van der Waals surface area contributed by atoms with Crippen LogP contribution in [0.5, 0.6) is 0 Å². The number of halogens is 1. The van der Waals surface area contributed by atoms with Crippen LogP contribution in [0, 0.1) is 6.92 Å². The maximum Gasteiger partial charge on any atom is 0.254 e. The van der Waals surface area contributed by atoms with E-state index in [0.29, 0.717) is 13.2 Å². The van der Waals surface area contributed by atoms with Crippen LogP contribution in [0.15, 0.2) is 24.3 Å². The van der Waals surface area contributed by atoms with Gasteiger partial charge in [0.1, 0.15) is 6.10 Å². The molecule has 0 aromatic heterocycles. The molecule has 1 aromatic rings. The van der Waals surface area contributed by atoms with E-state index in [1.807, 2.05) is 31.2 Å². The Morgan fingerprint density at radius 2 is 2.12 bits per heavy atom. The van der Waals surface area contributed by atoms with Crippen LogP contribution >= 0.6 is 12.4 Å². The molecule has 5 heteroatoms. The van der Waals surface area contributed by atoms with Crippen molar-refractivity contribution in [1.29, 1.82) is 0 Å². The van der Waals surface area contributed by atoms with Gasteiger partial charge in [0.2, 0.25) is 0 Å². The molecule has 1 aliphatic rings. The van der Waals surface area contributed by atoms with E-state index in [1.165, 1.54) is 5.56 Å². The molecule has 0 saturated carbocycles. The van der Waals surface area contributed by atoms with Gasteiger partial charge in [0.05, 0.1) is 6.61 Å². The standard InChI is InChI=1S/C12H16N2O2.ClH/c1-9-2-4-10(5-3-9)14-12(15)11-8-13-6-7-16-11;/h2-5,11,13H,6-8H2,1H3,(H,14,15);1H. The number of aryl methyl sites for hydroxylation is 1. The average molecular weight is 257 g/mol. The van der Waals surface area contributed by atoms with Gasteiger partial charge >= 0.3 is 0 Å². The molecule has 1 amide bonds. The Kier molecular flexibility index (Phi) is 5.41. The fourth-order valence-corrected chi connectivity index (χ4v) is 1.59. The number of hydrogen-bond donors (Lipinski definition) is 2. The van der Waals surface area contributed by atoms with Crippen molar-refractivity contribution in [3.63, 3.8) is 0 Å². The van der Waals surface area contributed by atoms with Crippen molar-refractivity contribution in [3.8, 4) is 0 Å². The van der Waals surface area contributed by atoms with Crippen molar-refractivity contribution in [2.24, 2.45) is 0 Å². The second-order valence-corrected chi connectivity index (χ2v) is 3.92. The quantitative estimate of drug-likeness (QED) is 0.840. The Morgan fingerprint density at radius 3 is 2.71 bits per heavy atom. The molecule has 0 bridgehead atoms. The number of carbonyl (C=O) groups is 1. The lowest BCUT2D eigenvalue weighted by atomic mass is 10.2. The predicted molar refractivity (Wildman–Crippen MR) is 69.7 cm³/mol. The van der Waals surface area contributed by atoms with Crippen LogP contribution in [-0.2, 0) is 9.53 Å². The van der Waals surface area contributed by atoms with Crippen LogP contribution in [-0.4, -0.2) is 31.7 Å². The Bertz CT molecular complexity index is 361. The third-order valence-corrected chi connectivity index (χ3v) is 2.54. The molecule has 0 radical (unpaired) electrons. The van der Waals surface area contributed by atoms with Crippen LogP contribution in [0.25, 0.3) is 0 Å². The summed E-state index contributed by atoms with van der Waals surface area (Å²) in [7, 11) is 0. The molecule has 1 aromatic carbocycles. The largest absolute Gasteiger partial charge is 0.366 e. The van der Waals surface area contributed by atoms with Gasteiger partial charge in [0.15, 0.2) is 0 Å². The summed E-state index contributed by atoms with van der Waals surface area (Å²) >= 11 is 0. The summed E-state index contributed by atoms with van der Waals surface area (Å²) in [6.07, 6.45) is -0.380. The van der Waals surface area contributed by atoms with Crippen molar-refractivity contribution < 1.29 is 9.53 Å². The molecule has 2 rings (SSSR count). The Labute approximate surface area is 107 Å². The zero-order valence-corrected chi connectivity index (χ0v) is 10.5. The number of nitrogens with one attached hydrogen (secondary N) is 2. The number of ether oxygens (including phenoxy) is 1. The minimum Gasteiger partial charge on any atom is -0.366 e. The molecule has 17 heavy (non-hydrogen) atoms. The van der Waals surface area contributed by atoms with E-state index in [-0.39, 0.29) is 24.4 Å². The lowest BCUT2D eigenvalue weighted by Gasteiger charge is -2.22. The van der Waals surface area contributed by atoms with Crippen molar-refractivity contribution in [3.05, 3.63) is 29.8 Å². The molecule has 1 atom stereocenters. The first-order valence-electron chi connectivity index (χ1n) is 5.45. The zero-order chi connectivity index (χ0) is 11.4. The van der Waals surface area contributed by atoms with Crippen molar-refractivity contribution in [2.75, 3.05) is 25.0 Å². The highest BCUT2D eigenvalue weighted by Gasteiger charge is 2.21. The van der Waals surface area contributed by atoms with E-state index >= 15 is 0 Å². The summed E-state index contributed by atoms with van der Waals surface area (Å²) < 4.78 is 5.36. The molecule has 1 fully saturated rings. The van der Waals surface area contributed by atoms with E-state index in [4.69, 9.17) is 4.74 Å². The first-order valence-corrected chi connectivity index (χ1v) is 5.45. The minimum absolute atomic E-state index is 0. The smallest absolute Gasteiger partial charge is 0.254 e. The number of benzene rings is 1. The molecule has 0 spiro atoms. The fraction of sp³-hybridized carbons (Fsp3) is 0.417. The first-order chi connectivity index (χ1) is 7.75. The number of rotatable bonds is 2. The summed E-state index contributed by atoms with van der Waals surface area (Å²) in [6, 6.07) is 7.72. The van der Waals surface area contributed by atoms with Gasteiger partial charge < -0.3 is 15.4 Å². The molecule has 1 heterocycles. The molecule has 0 aliphatic carbocycles. The summed E-state index contributed by atoms with van der Waals surface area (Å²) in [6.45, 7) is 4.00. The van der Waals surface area contributed by atoms with Crippen LogP contribution in [0.2, 0.25) is 0 Å². The lowest BCUT2D eigenvalue weighted by molar-refractivity contribution is -0.128. The molecule has 2 N–H and O–H groups in total. The Hall–Kier alpha value is -1.10. The molecule has 1 unspecified atom stereocenters. The van der Waals surface area contributed by atoms with Gasteiger partial charge in [-0.2, -0.15) is 0 Å². The monoisotopic (exact) mass is 256 g/mol. The summed E-state index contributed by atoms with van der Waals surface area (Å²) in [5.74, 6) is -0.0870. The summed E-state index contributed by atoms with van der Waals surface area (Å²) in [4.78, 5) is 11.8. The normalized spacial score (nSPS) is 19.2. The highest BCUT2D eigenvalue weighted by atomic mass is 35.5. The number of carbonyl (C=O) groups excluding carboxylic acids is 1. The predicted octanol–water partition coefficient (Wildman–Crippen LogP) is 1.34. The van der Waals surface area contributed by atoms with Gasteiger partial charge in [-0.3, -0.25) is 4.79 Å². The Balaban J connectivity index is 0.00000144. The maximum absolute atomic E-state index is 11.8. The van der Waals surface area contributed by atoms with E-state index in [1.54, 1.807) is 0 Å². The summed E-state index contributed by atoms with van der Waals surface area (Å²) in [5.41, 5.74) is 1.98. The molecular formula is C12H17ClN2O2. The number of morpholine rings is 1. The number of anilines is 1. The SMILES string of the molecule is Cc1ccc(NC(=O)C2CNCCO2)cc1.Cl. The second-order valence-electron chi connectivity index (χ2n) is 3.92. The van der Waals surface area contributed by atoms with E-state index in [2.05, 4.69) is 10.6 Å². The number of amides is 1. The van der Waals surface area contributed by atoms with Crippen LogP contribution in [0.4, 0.5) is 5.69 Å². The van der Waals surface area contributed by atoms with Gasteiger partial charge in [0, 0.05) is 18.8 Å². The van der Waals surface area contributed by atoms with Crippen LogP contribution < -0.4 is 10.6 Å².